The standard InChI is InChI=1S/C13H18N2O.HI/c1-15-9-5-6-11(10-15)13(16)14-12-7-3-2-4-8-12;/h5-6,9-10,12H,2-4,7-8H2,1H3;1H. The lowest BCUT2D eigenvalue weighted by Gasteiger charge is -2.22. The van der Waals surface area contributed by atoms with Crippen LogP contribution >= 0.6 is 0 Å². The lowest BCUT2D eigenvalue weighted by Crippen LogP contribution is -3.00. The number of halogens is 1. The Balaban J connectivity index is 0.00000144. The summed E-state index contributed by atoms with van der Waals surface area (Å²) in [5.74, 6) is 0.0584. The number of carbonyl (C=O) groups excluding carboxylic acids is 1. The zero-order chi connectivity index (χ0) is 11.4. The van der Waals surface area contributed by atoms with Gasteiger partial charge in [-0.3, -0.25) is 4.79 Å². The van der Waals surface area contributed by atoms with Gasteiger partial charge in [-0.05, 0) is 18.9 Å². The van der Waals surface area contributed by atoms with Crippen molar-refractivity contribution in [2.24, 2.45) is 7.05 Å². The number of hydrogen-bond donors (Lipinski definition) is 1. The average molecular weight is 346 g/mol. The third kappa shape index (κ3) is 4.26. The first-order chi connectivity index (χ1) is 7.75. The molecule has 1 amide bonds. The Labute approximate surface area is 120 Å². The van der Waals surface area contributed by atoms with Crippen molar-refractivity contribution in [3.8, 4) is 0 Å². The number of pyridine rings is 1. The van der Waals surface area contributed by atoms with Gasteiger partial charge in [-0.2, -0.15) is 0 Å². The predicted octanol–water partition coefficient (Wildman–Crippen LogP) is -1.42. The topological polar surface area (TPSA) is 33.0 Å². The number of carbonyl (C=O) groups is 1. The van der Waals surface area contributed by atoms with Gasteiger partial charge in [0.1, 0.15) is 12.6 Å². The van der Waals surface area contributed by atoms with Gasteiger partial charge in [0, 0.05) is 12.1 Å². The molecule has 1 aliphatic rings. The summed E-state index contributed by atoms with van der Waals surface area (Å²) in [4.78, 5) is 11.9. The van der Waals surface area contributed by atoms with Crippen LogP contribution in [0.15, 0.2) is 24.5 Å². The van der Waals surface area contributed by atoms with Crippen molar-refractivity contribution in [3.05, 3.63) is 30.1 Å². The Morgan fingerprint density at radius 2 is 2.06 bits per heavy atom. The zero-order valence-corrected chi connectivity index (χ0v) is 12.3. The fourth-order valence-electron chi connectivity index (χ4n) is 2.24. The summed E-state index contributed by atoms with van der Waals surface area (Å²) in [7, 11) is 1.93. The quantitative estimate of drug-likeness (QED) is 0.518. The minimum Gasteiger partial charge on any atom is -1.00 e. The van der Waals surface area contributed by atoms with Crippen LogP contribution < -0.4 is 33.9 Å². The maximum absolute atomic E-state index is 11.9. The molecule has 1 aromatic heterocycles. The third-order valence-corrected chi connectivity index (χ3v) is 3.14. The smallest absolute Gasteiger partial charge is 0.257 e. The van der Waals surface area contributed by atoms with Crippen LogP contribution in [0, 0.1) is 0 Å². The van der Waals surface area contributed by atoms with Crippen molar-refractivity contribution in [2.75, 3.05) is 0 Å². The second-order valence-electron chi connectivity index (χ2n) is 4.57. The molecule has 2 rings (SSSR count). The number of hydrogen-bond acceptors (Lipinski definition) is 1. The molecule has 1 aliphatic carbocycles. The van der Waals surface area contributed by atoms with E-state index in [1.54, 1.807) is 0 Å². The molecule has 0 aromatic carbocycles. The number of nitrogens with zero attached hydrogens (tertiary/aromatic N) is 1. The summed E-state index contributed by atoms with van der Waals surface area (Å²) in [5, 5.41) is 3.11. The van der Waals surface area contributed by atoms with Gasteiger partial charge in [0.2, 0.25) is 0 Å². The molecule has 0 saturated heterocycles. The van der Waals surface area contributed by atoms with Crippen LogP contribution in [0.25, 0.3) is 0 Å². The van der Waals surface area contributed by atoms with Crippen molar-refractivity contribution in [3.63, 3.8) is 0 Å². The van der Waals surface area contributed by atoms with Crippen molar-refractivity contribution in [1.82, 2.24) is 5.32 Å². The minimum atomic E-state index is 0. The van der Waals surface area contributed by atoms with Crippen LogP contribution in [0.2, 0.25) is 0 Å². The van der Waals surface area contributed by atoms with Gasteiger partial charge < -0.3 is 29.3 Å². The predicted molar refractivity (Wildman–Crippen MR) is 62.0 cm³/mol. The molecule has 1 heterocycles. The van der Waals surface area contributed by atoms with Crippen LogP contribution in [-0.4, -0.2) is 11.9 Å². The zero-order valence-electron chi connectivity index (χ0n) is 10.2. The van der Waals surface area contributed by atoms with Gasteiger partial charge in [0.05, 0.1) is 0 Å². The van der Waals surface area contributed by atoms with Crippen LogP contribution in [0.1, 0.15) is 42.5 Å². The maximum atomic E-state index is 11.9. The van der Waals surface area contributed by atoms with Gasteiger partial charge in [0.15, 0.2) is 12.4 Å². The van der Waals surface area contributed by atoms with Crippen molar-refractivity contribution >= 4 is 5.91 Å². The van der Waals surface area contributed by atoms with E-state index in [4.69, 9.17) is 0 Å². The number of nitrogens with one attached hydrogen (secondary N) is 1. The molecule has 94 valence electrons. The Morgan fingerprint density at radius 1 is 1.35 bits per heavy atom. The van der Waals surface area contributed by atoms with E-state index in [-0.39, 0.29) is 29.9 Å². The van der Waals surface area contributed by atoms with E-state index >= 15 is 0 Å². The first-order valence-corrected chi connectivity index (χ1v) is 6.02. The molecule has 1 aromatic rings. The normalized spacial score (nSPS) is 16.1. The van der Waals surface area contributed by atoms with Gasteiger partial charge >= 0.3 is 0 Å². The number of rotatable bonds is 2. The fraction of sp³-hybridized carbons (Fsp3) is 0.538. The number of aryl methyl sites for hydroxylation is 1. The fourth-order valence-corrected chi connectivity index (χ4v) is 2.24. The molecule has 0 unspecified atom stereocenters. The van der Waals surface area contributed by atoms with Crippen LogP contribution in [0.3, 0.4) is 0 Å². The van der Waals surface area contributed by atoms with Gasteiger partial charge in [0.25, 0.3) is 5.91 Å². The molecule has 0 aliphatic heterocycles. The SMILES string of the molecule is C[n+]1cccc(C(=O)NC2CCCCC2)c1.[I-]. The lowest BCUT2D eigenvalue weighted by molar-refractivity contribution is -0.671. The van der Waals surface area contributed by atoms with E-state index in [1.807, 2.05) is 36.1 Å². The van der Waals surface area contributed by atoms with Crippen molar-refractivity contribution < 1.29 is 33.3 Å². The first-order valence-electron chi connectivity index (χ1n) is 6.02. The largest absolute Gasteiger partial charge is 1.00 e. The maximum Gasteiger partial charge on any atom is 0.257 e. The van der Waals surface area contributed by atoms with E-state index in [9.17, 15) is 4.79 Å². The second-order valence-corrected chi connectivity index (χ2v) is 4.57. The van der Waals surface area contributed by atoms with Crippen LogP contribution in [0.5, 0.6) is 0 Å². The van der Waals surface area contributed by atoms with Crippen molar-refractivity contribution in [1.29, 1.82) is 0 Å². The summed E-state index contributed by atoms with van der Waals surface area (Å²) in [5.41, 5.74) is 0.746. The molecule has 1 fully saturated rings. The van der Waals surface area contributed by atoms with Crippen LogP contribution in [0.4, 0.5) is 0 Å². The monoisotopic (exact) mass is 346 g/mol. The third-order valence-electron chi connectivity index (χ3n) is 3.14. The number of amides is 1. The molecule has 0 atom stereocenters. The summed E-state index contributed by atoms with van der Waals surface area (Å²) in [6.07, 6.45) is 9.85. The van der Waals surface area contributed by atoms with E-state index in [0.717, 1.165) is 18.4 Å². The highest BCUT2D eigenvalue weighted by atomic mass is 127. The summed E-state index contributed by atoms with van der Waals surface area (Å²) in [6.45, 7) is 0. The van der Waals surface area contributed by atoms with E-state index in [1.165, 1.54) is 19.3 Å². The minimum absolute atomic E-state index is 0. The van der Waals surface area contributed by atoms with Gasteiger partial charge in [-0.15, -0.1) is 0 Å². The summed E-state index contributed by atoms with van der Waals surface area (Å²) >= 11 is 0. The molecule has 0 bridgehead atoms. The Bertz CT molecular complexity index is 375. The number of aromatic nitrogens is 1. The second kappa shape index (κ2) is 6.93. The van der Waals surface area contributed by atoms with Gasteiger partial charge in [-0.1, -0.05) is 19.3 Å². The summed E-state index contributed by atoms with van der Waals surface area (Å²) < 4.78 is 1.90. The average Bonchev–Trinajstić information content (AvgIpc) is 2.30. The molecule has 3 nitrogen and oxygen atoms in total. The van der Waals surface area contributed by atoms with Gasteiger partial charge in [-0.25, -0.2) is 4.57 Å². The van der Waals surface area contributed by atoms with E-state index in [0.29, 0.717) is 6.04 Å². The Kier molecular flexibility index (Phi) is 5.88. The molecule has 4 heteroatoms. The van der Waals surface area contributed by atoms with E-state index < -0.39 is 0 Å². The molecule has 0 spiro atoms. The Morgan fingerprint density at radius 3 is 2.71 bits per heavy atom. The van der Waals surface area contributed by atoms with Crippen LogP contribution in [-0.2, 0) is 7.05 Å². The molecule has 1 N–H and O–H groups in total. The molecule has 1 saturated carbocycles. The summed E-state index contributed by atoms with van der Waals surface area (Å²) in [6, 6.07) is 4.14. The molecule has 0 radical (unpaired) electrons. The highest BCUT2D eigenvalue weighted by molar-refractivity contribution is 5.93. The molecule has 17 heavy (non-hydrogen) atoms. The first kappa shape index (κ1) is 14.4. The lowest BCUT2D eigenvalue weighted by atomic mass is 9.95. The highest BCUT2D eigenvalue weighted by Crippen LogP contribution is 2.17. The molecular formula is C13H19IN2O. The van der Waals surface area contributed by atoms with E-state index in [2.05, 4.69) is 5.32 Å². The van der Waals surface area contributed by atoms with Crippen molar-refractivity contribution in [2.45, 2.75) is 38.1 Å². The highest BCUT2D eigenvalue weighted by Gasteiger charge is 2.17. The molecular weight excluding hydrogens is 327 g/mol. The Hall–Kier alpha value is -0.650.